The van der Waals surface area contributed by atoms with Crippen molar-refractivity contribution in [2.45, 2.75) is 83.8 Å². The molecule has 2 amide bonds. The highest BCUT2D eigenvalue weighted by molar-refractivity contribution is 6.18. The third-order valence-electron chi connectivity index (χ3n) is 7.06. The van der Waals surface area contributed by atoms with Crippen LogP contribution in [0.1, 0.15) is 83.1 Å². The molecule has 2 heterocycles. The molecule has 0 N–H and O–H groups in total. The molecule has 1 saturated heterocycles. The van der Waals surface area contributed by atoms with E-state index in [2.05, 4.69) is 11.9 Å². The number of hydrogen-bond donors (Lipinski definition) is 0. The Bertz CT molecular complexity index is 1320. The maximum absolute atomic E-state index is 13.5. The summed E-state index contributed by atoms with van der Waals surface area (Å²) >= 11 is 0. The number of amides is 2. The maximum atomic E-state index is 13.5. The molecule has 8 heteroatoms. The SMILES string of the molecule is CCCCCCCCCCCCn1c(C2OC(=O)N(c3ccccc3OC)C2=O)nc(=O)c2ccccc21. The Morgan fingerprint density at radius 3 is 2.18 bits per heavy atom. The van der Waals surface area contributed by atoms with Crippen LogP contribution in [0.2, 0.25) is 0 Å². The van der Waals surface area contributed by atoms with Crippen LogP contribution in [-0.2, 0) is 16.1 Å². The molecule has 1 fully saturated rings. The minimum atomic E-state index is -1.31. The van der Waals surface area contributed by atoms with Gasteiger partial charge in [-0.15, -0.1) is 0 Å². The summed E-state index contributed by atoms with van der Waals surface area (Å²) in [6.45, 7) is 2.80. The first kappa shape index (κ1) is 27.4. The van der Waals surface area contributed by atoms with E-state index in [1.165, 1.54) is 52.1 Å². The first-order valence-electron chi connectivity index (χ1n) is 13.7. The predicted octanol–water partition coefficient (Wildman–Crippen LogP) is 6.55. The number of carbonyl (C=O) groups excluding carboxylic acids is 2. The summed E-state index contributed by atoms with van der Waals surface area (Å²) in [4.78, 5) is 44.4. The number of cyclic esters (lactones) is 1. The van der Waals surface area contributed by atoms with Crippen LogP contribution in [0.4, 0.5) is 10.5 Å². The van der Waals surface area contributed by atoms with Gasteiger partial charge in [0.15, 0.2) is 5.82 Å². The Balaban J connectivity index is 1.52. The number of unbranched alkanes of at least 4 members (excludes halogenated alkanes) is 9. The minimum Gasteiger partial charge on any atom is -0.495 e. The molecule has 2 aromatic carbocycles. The molecule has 0 spiro atoms. The summed E-state index contributed by atoms with van der Waals surface area (Å²) in [5.74, 6) is -0.0773. The van der Waals surface area contributed by atoms with Crippen LogP contribution in [0, 0.1) is 0 Å². The molecule has 3 aromatic rings. The van der Waals surface area contributed by atoms with Gasteiger partial charge in [-0.1, -0.05) is 89.0 Å². The van der Waals surface area contributed by atoms with Gasteiger partial charge in [-0.2, -0.15) is 4.98 Å². The second kappa shape index (κ2) is 13.2. The Hall–Kier alpha value is -3.68. The molecule has 1 atom stereocenters. The third kappa shape index (κ3) is 6.06. The molecule has 8 nitrogen and oxygen atoms in total. The van der Waals surface area contributed by atoms with Gasteiger partial charge in [-0.25, -0.2) is 9.69 Å². The first-order valence-corrected chi connectivity index (χ1v) is 13.7. The molecule has 0 saturated carbocycles. The molecule has 1 aliphatic heterocycles. The molecule has 202 valence electrons. The van der Waals surface area contributed by atoms with E-state index in [9.17, 15) is 14.4 Å². The van der Waals surface area contributed by atoms with Gasteiger partial charge in [-0.05, 0) is 30.7 Å². The van der Waals surface area contributed by atoms with Gasteiger partial charge < -0.3 is 14.0 Å². The van der Waals surface area contributed by atoms with Gasteiger partial charge >= 0.3 is 6.09 Å². The van der Waals surface area contributed by atoms with Crippen LogP contribution >= 0.6 is 0 Å². The normalized spacial score (nSPS) is 15.3. The molecular weight excluding hydrogens is 482 g/mol. The topological polar surface area (TPSA) is 90.7 Å². The van der Waals surface area contributed by atoms with Crippen LogP contribution in [0.25, 0.3) is 10.9 Å². The van der Waals surface area contributed by atoms with Crippen LogP contribution in [0.5, 0.6) is 5.75 Å². The highest BCUT2D eigenvalue weighted by Crippen LogP contribution is 2.36. The summed E-state index contributed by atoms with van der Waals surface area (Å²) in [6, 6.07) is 14.0. The number of carbonyl (C=O) groups is 2. The summed E-state index contributed by atoms with van der Waals surface area (Å²) in [5.41, 5.74) is 0.518. The minimum absolute atomic E-state index is 0.153. The number of imide groups is 1. The van der Waals surface area contributed by atoms with Crippen molar-refractivity contribution in [1.82, 2.24) is 9.55 Å². The Morgan fingerprint density at radius 2 is 1.47 bits per heavy atom. The number of nitrogens with zero attached hydrogens (tertiary/aromatic N) is 3. The monoisotopic (exact) mass is 519 g/mol. The number of benzene rings is 2. The summed E-state index contributed by atoms with van der Waals surface area (Å²) < 4.78 is 12.7. The zero-order chi connectivity index (χ0) is 26.9. The largest absolute Gasteiger partial charge is 0.495 e. The number of rotatable bonds is 14. The average Bonchev–Trinajstić information content (AvgIpc) is 3.23. The van der Waals surface area contributed by atoms with Crippen molar-refractivity contribution in [3.05, 3.63) is 64.7 Å². The number of methoxy groups -OCH3 is 1. The Kier molecular flexibility index (Phi) is 9.51. The molecule has 1 aliphatic rings. The van der Waals surface area contributed by atoms with Crippen LogP contribution in [0.15, 0.2) is 53.3 Å². The number of para-hydroxylation sites is 3. The summed E-state index contributed by atoms with van der Waals surface area (Å²) in [7, 11) is 1.47. The van der Waals surface area contributed by atoms with E-state index < -0.39 is 23.7 Å². The number of anilines is 1. The standard InChI is InChI=1S/C30H37N3O5/c1-3-4-5-6-7-8-9-10-11-16-21-32-23-18-13-12-17-22(23)28(34)31-27(32)26-29(35)33(30(36)38-26)24-19-14-15-20-25(24)37-2/h12-15,17-20,26H,3-11,16,21H2,1-2H3. The predicted molar refractivity (Wildman–Crippen MR) is 148 cm³/mol. The summed E-state index contributed by atoms with van der Waals surface area (Å²) in [6.07, 6.45) is 9.85. The average molecular weight is 520 g/mol. The third-order valence-corrected chi connectivity index (χ3v) is 7.06. The lowest BCUT2D eigenvalue weighted by Gasteiger charge is -2.18. The molecule has 4 rings (SSSR count). The zero-order valence-corrected chi connectivity index (χ0v) is 22.4. The molecule has 0 bridgehead atoms. The number of hydrogen-bond acceptors (Lipinski definition) is 6. The van der Waals surface area contributed by atoms with Crippen LogP contribution in [0.3, 0.4) is 0 Å². The molecule has 0 radical (unpaired) electrons. The fourth-order valence-corrected chi connectivity index (χ4v) is 5.04. The van der Waals surface area contributed by atoms with E-state index in [-0.39, 0.29) is 11.5 Å². The van der Waals surface area contributed by atoms with E-state index in [4.69, 9.17) is 9.47 Å². The molecule has 38 heavy (non-hydrogen) atoms. The van der Waals surface area contributed by atoms with Crippen molar-refractivity contribution in [2.75, 3.05) is 12.0 Å². The van der Waals surface area contributed by atoms with Gasteiger partial charge in [0.05, 0.1) is 23.7 Å². The van der Waals surface area contributed by atoms with Gasteiger partial charge in [0.25, 0.3) is 11.5 Å². The fraction of sp³-hybridized carbons (Fsp3) is 0.467. The van der Waals surface area contributed by atoms with Crippen molar-refractivity contribution < 1.29 is 19.1 Å². The summed E-state index contributed by atoms with van der Waals surface area (Å²) in [5, 5.41) is 0.474. The number of fused-ring (bicyclic) bond motifs is 1. The van der Waals surface area contributed by atoms with Crippen molar-refractivity contribution in [3.8, 4) is 5.75 Å². The molecule has 1 unspecified atom stereocenters. The van der Waals surface area contributed by atoms with Crippen molar-refractivity contribution in [3.63, 3.8) is 0 Å². The zero-order valence-electron chi connectivity index (χ0n) is 22.4. The quantitative estimate of drug-likeness (QED) is 0.224. The fourth-order valence-electron chi connectivity index (χ4n) is 5.04. The van der Waals surface area contributed by atoms with Gasteiger partial charge in [0, 0.05) is 6.54 Å². The smallest absolute Gasteiger partial charge is 0.422 e. The lowest BCUT2D eigenvalue weighted by atomic mass is 10.1. The lowest BCUT2D eigenvalue weighted by molar-refractivity contribution is -0.122. The number of ether oxygens (including phenoxy) is 2. The highest BCUT2D eigenvalue weighted by Gasteiger charge is 2.46. The highest BCUT2D eigenvalue weighted by atomic mass is 16.6. The van der Waals surface area contributed by atoms with E-state index in [1.54, 1.807) is 36.4 Å². The second-order valence-corrected chi connectivity index (χ2v) is 9.74. The first-order chi connectivity index (χ1) is 18.6. The lowest BCUT2D eigenvalue weighted by Crippen LogP contribution is -2.31. The van der Waals surface area contributed by atoms with Crippen LogP contribution in [-0.4, -0.2) is 28.7 Å². The molecule has 0 aliphatic carbocycles. The van der Waals surface area contributed by atoms with E-state index in [1.807, 2.05) is 16.7 Å². The van der Waals surface area contributed by atoms with Gasteiger partial charge in [0.1, 0.15) is 5.75 Å². The van der Waals surface area contributed by atoms with Crippen molar-refractivity contribution >= 4 is 28.6 Å². The van der Waals surface area contributed by atoms with Crippen molar-refractivity contribution in [1.29, 1.82) is 0 Å². The number of aryl methyl sites for hydroxylation is 1. The van der Waals surface area contributed by atoms with Gasteiger partial charge in [0.2, 0.25) is 6.10 Å². The Labute approximate surface area is 223 Å². The molecular formula is C30H37N3O5. The van der Waals surface area contributed by atoms with Gasteiger partial charge in [-0.3, -0.25) is 9.59 Å². The van der Waals surface area contributed by atoms with E-state index >= 15 is 0 Å². The van der Waals surface area contributed by atoms with E-state index in [0.29, 0.717) is 23.2 Å². The Morgan fingerprint density at radius 1 is 0.842 bits per heavy atom. The van der Waals surface area contributed by atoms with Crippen molar-refractivity contribution in [2.24, 2.45) is 0 Å². The van der Waals surface area contributed by atoms with Crippen LogP contribution < -0.4 is 15.2 Å². The molecule has 1 aromatic heterocycles. The second-order valence-electron chi connectivity index (χ2n) is 9.74. The number of aromatic nitrogens is 2. The maximum Gasteiger partial charge on any atom is 0.422 e. The van der Waals surface area contributed by atoms with E-state index in [0.717, 1.165) is 24.2 Å².